The van der Waals surface area contributed by atoms with Crippen LogP contribution >= 0.6 is 11.8 Å². The molecule has 0 spiro atoms. The lowest BCUT2D eigenvalue weighted by atomic mass is 10.1. The third-order valence-corrected chi connectivity index (χ3v) is 9.80. The molecule has 0 saturated carbocycles. The summed E-state index contributed by atoms with van der Waals surface area (Å²) in [4.78, 5) is 41.3. The number of aromatic nitrogens is 1. The van der Waals surface area contributed by atoms with Gasteiger partial charge in [-0.1, -0.05) is 67.6 Å². The molecular weight excluding hydrogens is 657 g/mol. The van der Waals surface area contributed by atoms with Crippen molar-refractivity contribution in [3.8, 4) is 5.75 Å². The molecule has 3 amide bonds. The van der Waals surface area contributed by atoms with Crippen molar-refractivity contribution < 1.29 is 19.1 Å². The maximum absolute atomic E-state index is 13.7. The van der Waals surface area contributed by atoms with E-state index in [1.54, 1.807) is 36.4 Å². The summed E-state index contributed by atoms with van der Waals surface area (Å²) < 4.78 is 8.04. The Kier molecular flexibility index (Phi) is 11.2. The van der Waals surface area contributed by atoms with E-state index >= 15 is 0 Å². The van der Waals surface area contributed by atoms with Crippen molar-refractivity contribution in [1.82, 2.24) is 9.88 Å². The van der Waals surface area contributed by atoms with Crippen molar-refractivity contribution in [3.63, 3.8) is 0 Å². The molecule has 6 rings (SSSR count). The Morgan fingerprint density at radius 3 is 2.25 bits per heavy atom. The molecule has 6 aromatic rings. The number of rotatable bonds is 13. The van der Waals surface area contributed by atoms with Crippen molar-refractivity contribution in [3.05, 3.63) is 138 Å². The Labute approximate surface area is 301 Å². The number of carbonyl (C=O) groups excluding carboxylic acids is 3. The van der Waals surface area contributed by atoms with E-state index in [1.807, 2.05) is 86.6 Å². The zero-order valence-corrected chi connectivity index (χ0v) is 29.6. The van der Waals surface area contributed by atoms with Crippen molar-refractivity contribution >= 4 is 68.7 Å². The van der Waals surface area contributed by atoms with E-state index in [0.717, 1.165) is 33.4 Å². The van der Waals surface area contributed by atoms with Crippen LogP contribution in [0.15, 0.2) is 132 Å². The van der Waals surface area contributed by atoms with Crippen LogP contribution in [0.3, 0.4) is 0 Å². The Balaban J connectivity index is 1.19. The predicted molar refractivity (Wildman–Crippen MR) is 208 cm³/mol. The number of anilines is 2. The lowest BCUT2D eigenvalue weighted by Gasteiger charge is -2.16. The number of benzene rings is 5. The minimum atomic E-state index is -0.502. The highest BCUT2D eigenvalue weighted by Gasteiger charge is 2.20. The second-order valence-electron chi connectivity index (χ2n) is 11.8. The fraction of sp³-hybridized carbons (Fsp3) is 0.167. The molecule has 258 valence electrons. The van der Waals surface area contributed by atoms with Gasteiger partial charge in [0.15, 0.2) is 0 Å². The maximum atomic E-state index is 13.7. The van der Waals surface area contributed by atoms with Crippen LogP contribution in [0, 0.1) is 0 Å². The fourth-order valence-electron chi connectivity index (χ4n) is 6.01. The summed E-state index contributed by atoms with van der Waals surface area (Å²) >= 11 is 1.43. The number of nitrogens with zero attached hydrogens (tertiary/aromatic N) is 1. The molecule has 0 aliphatic carbocycles. The SMILES string of the molecule is CCOc1ccccc1/C=C(/NC(=O)c1ccccc1)C(=O)Nc1cccc(SC(CC)C(=O)Nc2ccc3c(c2)c2ccccc2n3CC)c1. The number of fused-ring (bicyclic) bond motifs is 3. The molecule has 8 nitrogen and oxygen atoms in total. The monoisotopic (exact) mass is 696 g/mol. The standard InChI is InChI=1S/C42H40N4O4S/c1-4-39(42(49)44-31-23-24-37-34(27-31)33-20-11-12-21-36(33)46(37)5-2)51-32-19-14-18-30(26-32)43-41(48)35(45-40(47)28-15-8-7-9-16-28)25-29-17-10-13-22-38(29)50-6-3/h7-27,39H,4-6H2,1-3H3,(H,43,48)(H,44,49)(H,45,47)/b35-25+. The maximum Gasteiger partial charge on any atom is 0.272 e. The van der Waals surface area contributed by atoms with Gasteiger partial charge in [0.1, 0.15) is 11.4 Å². The molecule has 1 aromatic heterocycles. The second kappa shape index (κ2) is 16.3. The van der Waals surface area contributed by atoms with Crippen LogP contribution in [0.2, 0.25) is 0 Å². The summed E-state index contributed by atoms with van der Waals surface area (Å²) in [5.41, 5.74) is 4.69. The lowest BCUT2D eigenvalue weighted by molar-refractivity contribution is -0.116. The Morgan fingerprint density at radius 2 is 1.47 bits per heavy atom. The van der Waals surface area contributed by atoms with E-state index in [-0.39, 0.29) is 16.9 Å². The van der Waals surface area contributed by atoms with Gasteiger partial charge in [-0.25, -0.2) is 0 Å². The van der Waals surface area contributed by atoms with E-state index in [2.05, 4.69) is 45.6 Å². The number of amides is 3. The number of para-hydroxylation sites is 2. The molecule has 0 aliphatic heterocycles. The summed E-state index contributed by atoms with van der Waals surface area (Å²) in [5.74, 6) is -0.425. The largest absolute Gasteiger partial charge is 0.493 e. The molecule has 1 unspecified atom stereocenters. The van der Waals surface area contributed by atoms with Crippen molar-refractivity contribution in [2.24, 2.45) is 0 Å². The van der Waals surface area contributed by atoms with Gasteiger partial charge < -0.3 is 25.3 Å². The van der Waals surface area contributed by atoms with Gasteiger partial charge in [0.2, 0.25) is 5.91 Å². The van der Waals surface area contributed by atoms with E-state index in [9.17, 15) is 14.4 Å². The van der Waals surface area contributed by atoms with E-state index in [4.69, 9.17) is 4.74 Å². The first-order valence-electron chi connectivity index (χ1n) is 17.1. The highest BCUT2D eigenvalue weighted by Crippen LogP contribution is 2.33. The molecule has 0 aliphatic rings. The number of hydrogen-bond acceptors (Lipinski definition) is 5. The molecule has 1 atom stereocenters. The Morgan fingerprint density at radius 1 is 0.745 bits per heavy atom. The summed E-state index contributed by atoms with van der Waals surface area (Å²) in [7, 11) is 0. The molecule has 1 heterocycles. The van der Waals surface area contributed by atoms with Crippen LogP contribution in [-0.4, -0.2) is 34.1 Å². The van der Waals surface area contributed by atoms with Gasteiger partial charge in [0.25, 0.3) is 11.8 Å². The highest BCUT2D eigenvalue weighted by atomic mass is 32.2. The van der Waals surface area contributed by atoms with Gasteiger partial charge in [0.05, 0.1) is 11.9 Å². The number of ether oxygens (including phenoxy) is 1. The normalized spacial score (nSPS) is 12.0. The molecule has 0 saturated heterocycles. The van der Waals surface area contributed by atoms with Crippen LogP contribution in [0.4, 0.5) is 11.4 Å². The van der Waals surface area contributed by atoms with Crippen LogP contribution < -0.4 is 20.7 Å². The predicted octanol–water partition coefficient (Wildman–Crippen LogP) is 9.13. The number of thioether (sulfide) groups is 1. The summed E-state index contributed by atoms with van der Waals surface area (Å²) in [6.07, 6.45) is 2.21. The van der Waals surface area contributed by atoms with Crippen LogP contribution in [0.1, 0.15) is 43.1 Å². The zero-order valence-electron chi connectivity index (χ0n) is 28.8. The summed E-state index contributed by atoms with van der Waals surface area (Å²) in [6, 6.07) is 37.8. The average Bonchev–Trinajstić information content (AvgIpc) is 3.47. The van der Waals surface area contributed by atoms with Crippen molar-refractivity contribution in [1.29, 1.82) is 0 Å². The summed E-state index contributed by atoms with van der Waals surface area (Å²) in [5, 5.41) is 10.7. The Hall–Kier alpha value is -5.80. The average molecular weight is 697 g/mol. The van der Waals surface area contributed by atoms with Gasteiger partial charge in [-0.05, 0) is 87.0 Å². The van der Waals surface area contributed by atoms with Crippen LogP contribution in [-0.2, 0) is 16.1 Å². The molecular formula is C42H40N4O4S. The van der Waals surface area contributed by atoms with Gasteiger partial charge in [-0.3, -0.25) is 14.4 Å². The number of aryl methyl sites for hydroxylation is 1. The number of carbonyl (C=O) groups is 3. The van der Waals surface area contributed by atoms with Crippen molar-refractivity contribution in [2.75, 3.05) is 17.2 Å². The minimum absolute atomic E-state index is 0.0545. The molecule has 0 bridgehead atoms. The molecule has 51 heavy (non-hydrogen) atoms. The van der Waals surface area contributed by atoms with Crippen molar-refractivity contribution in [2.45, 2.75) is 43.9 Å². The smallest absolute Gasteiger partial charge is 0.272 e. The quantitative estimate of drug-likeness (QED) is 0.0826. The van der Waals surface area contributed by atoms with Crippen LogP contribution in [0.25, 0.3) is 27.9 Å². The number of nitrogens with one attached hydrogen (secondary N) is 3. The molecule has 5 aromatic carbocycles. The van der Waals surface area contributed by atoms with Gasteiger partial charge >= 0.3 is 0 Å². The molecule has 0 fully saturated rings. The van der Waals surface area contributed by atoms with Gasteiger partial charge in [0, 0.05) is 55.7 Å². The van der Waals surface area contributed by atoms with E-state index in [1.165, 1.54) is 17.3 Å². The third-order valence-electron chi connectivity index (χ3n) is 8.44. The third kappa shape index (κ3) is 8.16. The van der Waals surface area contributed by atoms with E-state index in [0.29, 0.717) is 35.6 Å². The lowest BCUT2D eigenvalue weighted by Crippen LogP contribution is -2.30. The fourth-order valence-corrected chi connectivity index (χ4v) is 7.02. The second-order valence-corrected chi connectivity index (χ2v) is 13.1. The van der Waals surface area contributed by atoms with E-state index < -0.39 is 11.8 Å². The first-order chi connectivity index (χ1) is 24.9. The molecule has 0 radical (unpaired) electrons. The number of hydrogen-bond donors (Lipinski definition) is 3. The minimum Gasteiger partial charge on any atom is -0.493 e. The first-order valence-corrected chi connectivity index (χ1v) is 18.0. The topological polar surface area (TPSA) is 101 Å². The molecule has 3 N–H and O–H groups in total. The summed E-state index contributed by atoms with van der Waals surface area (Å²) in [6.45, 7) is 7.30. The van der Waals surface area contributed by atoms with Gasteiger partial charge in [-0.15, -0.1) is 11.8 Å². The van der Waals surface area contributed by atoms with Crippen LogP contribution in [0.5, 0.6) is 5.75 Å². The zero-order chi connectivity index (χ0) is 35.7. The molecule has 9 heteroatoms. The highest BCUT2D eigenvalue weighted by molar-refractivity contribution is 8.00. The van der Waals surface area contributed by atoms with Gasteiger partial charge in [-0.2, -0.15) is 0 Å². The Bertz CT molecular complexity index is 2230. The first kappa shape index (κ1) is 35.0.